The first kappa shape index (κ1) is 26.4. The van der Waals surface area contributed by atoms with Crippen LogP contribution in [0.5, 0.6) is 17.2 Å². The highest BCUT2D eigenvalue weighted by atomic mass is 35.5. The molecular weight excluding hydrogens is 504 g/mol. The number of halogens is 1. The fourth-order valence-corrected chi connectivity index (χ4v) is 3.50. The SMILES string of the molecule is CCOc1cc(C=NNC(=O)c2ccc(OCc3ccc(Cl)cc3)cc2)ccc1OC(=O)c1ccccc1. The minimum atomic E-state index is -0.485. The van der Waals surface area contributed by atoms with Gasteiger partial charge in [0.25, 0.3) is 5.91 Å². The summed E-state index contributed by atoms with van der Waals surface area (Å²) in [6.07, 6.45) is 1.48. The van der Waals surface area contributed by atoms with E-state index in [-0.39, 0.29) is 5.91 Å². The van der Waals surface area contributed by atoms with Crippen molar-refractivity contribution in [2.24, 2.45) is 5.10 Å². The molecule has 4 rings (SSSR count). The van der Waals surface area contributed by atoms with Crippen molar-refractivity contribution in [2.45, 2.75) is 13.5 Å². The van der Waals surface area contributed by atoms with Gasteiger partial charge in [-0.3, -0.25) is 4.79 Å². The molecule has 0 aromatic heterocycles. The number of benzene rings is 4. The zero-order chi connectivity index (χ0) is 26.7. The van der Waals surface area contributed by atoms with E-state index in [2.05, 4.69) is 10.5 Å². The van der Waals surface area contributed by atoms with Crippen molar-refractivity contribution in [3.05, 3.63) is 124 Å². The van der Waals surface area contributed by atoms with Crippen LogP contribution in [0.1, 0.15) is 38.8 Å². The topological polar surface area (TPSA) is 86.2 Å². The van der Waals surface area contributed by atoms with E-state index in [0.717, 1.165) is 5.56 Å². The van der Waals surface area contributed by atoms with Crippen molar-refractivity contribution in [2.75, 3.05) is 6.61 Å². The summed E-state index contributed by atoms with van der Waals surface area (Å²) in [4.78, 5) is 24.9. The minimum absolute atomic E-state index is 0.292. The third kappa shape index (κ3) is 7.44. The molecule has 0 heterocycles. The molecule has 38 heavy (non-hydrogen) atoms. The molecular formula is C30H25ClN2O5. The van der Waals surface area contributed by atoms with E-state index >= 15 is 0 Å². The number of carbonyl (C=O) groups is 2. The normalized spacial score (nSPS) is 10.7. The van der Waals surface area contributed by atoms with E-state index in [0.29, 0.717) is 52.2 Å². The van der Waals surface area contributed by atoms with Crippen LogP contribution < -0.4 is 19.6 Å². The van der Waals surface area contributed by atoms with E-state index in [1.54, 1.807) is 78.9 Å². The Morgan fingerprint density at radius 3 is 2.29 bits per heavy atom. The first-order chi connectivity index (χ1) is 18.5. The summed E-state index contributed by atoms with van der Waals surface area (Å²) in [5, 5.41) is 4.70. The molecule has 7 nitrogen and oxygen atoms in total. The zero-order valence-corrected chi connectivity index (χ0v) is 21.4. The van der Waals surface area contributed by atoms with Crippen LogP contribution in [0.3, 0.4) is 0 Å². The Labute approximate surface area is 225 Å². The van der Waals surface area contributed by atoms with Crippen LogP contribution in [0.15, 0.2) is 102 Å². The molecule has 0 aliphatic rings. The maximum absolute atomic E-state index is 12.5. The zero-order valence-electron chi connectivity index (χ0n) is 20.6. The molecule has 0 unspecified atom stereocenters. The number of nitrogens with zero attached hydrogens (tertiary/aromatic N) is 1. The lowest BCUT2D eigenvalue weighted by Gasteiger charge is -2.11. The van der Waals surface area contributed by atoms with Gasteiger partial charge in [-0.05, 0) is 84.8 Å². The van der Waals surface area contributed by atoms with Gasteiger partial charge >= 0.3 is 5.97 Å². The fourth-order valence-electron chi connectivity index (χ4n) is 3.37. The molecule has 8 heteroatoms. The molecule has 0 aliphatic carbocycles. The van der Waals surface area contributed by atoms with Gasteiger partial charge in [-0.2, -0.15) is 5.10 Å². The molecule has 4 aromatic carbocycles. The third-order valence-corrected chi connectivity index (χ3v) is 5.55. The standard InChI is InChI=1S/C30H25ClN2O5/c1-2-36-28-18-22(10-17-27(28)38-30(35)24-6-4-3-5-7-24)19-32-33-29(34)23-11-15-26(16-12-23)37-20-21-8-13-25(31)14-9-21/h3-19H,2,20H2,1H3,(H,33,34). The van der Waals surface area contributed by atoms with Crippen LogP contribution >= 0.6 is 11.6 Å². The van der Waals surface area contributed by atoms with Crippen molar-refractivity contribution in [3.8, 4) is 17.2 Å². The van der Waals surface area contributed by atoms with Gasteiger partial charge < -0.3 is 14.2 Å². The number of hydrazone groups is 1. The smallest absolute Gasteiger partial charge is 0.343 e. The highest BCUT2D eigenvalue weighted by molar-refractivity contribution is 6.30. The monoisotopic (exact) mass is 528 g/mol. The quantitative estimate of drug-likeness (QED) is 0.113. The van der Waals surface area contributed by atoms with Gasteiger partial charge in [0.15, 0.2) is 11.5 Å². The lowest BCUT2D eigenvalue weighted by molar-refractivity contribution is 0.0728. The molecule has 0 saturated carbocycles. The van der Waals surface area contributed by atoms with Gasteiger partial charge in [0, 0.05) is 10.6 Å². The summed E-state index contributed by atoms with van der Waals surface area (Å²) in [5.41, 5.74) is 5.00. The molecule has 4 aromatic rings. The number of carbonyl (C=O) groups excluding carboxylic acids is 2. The molecule has 0 saturated heterocycles. The van der Waals surface area contributed by atoms with Crippen molar-refractivity contribution < 1.29 is 23.8 Å². The molecule has 0 atom stereocenters. The number of rotatable bonds is 10. The number of esters is 1. The summed E-state index contributed by atoms with van der Waals surface area (Å²) in [5.74, 6) is 0.462. The van der Waals surface area contributed by atoms with E-state index in [4.69, 9.17) is 25.8 Å². The van der Waals surface area contributed by atoms with Crippen LogP contribution in [0, 0.1) is 0 Å². The number of hydrogen-bond acceptors (Lipinski definition) is 6. The predicted molar refractivity (Wildman–Crippen MR) is 146 cm³/mol. The van der Waals surface area contributed by atoms with E-state index in [1.165, 1.54) is 6.21 Å². The second-order valence-electron chi connectivity index (χ2n) is 8.03. The molecule has 1 N–H and O–H groups in total. The summed E-state index contributed by atoms with van der Waals surface area (Å²) in [6, 6.07) is 27.9. The Hall–Kier alpha value is -4.62. The second-order valence-corrected chi connectivity index (χ2v) is 8.47. The Morgan fingerprint density at radius 2 is 1.58 bits per heavy atom. The molecule has 0 radical (unpaired) electrons. The number of hydrogen-bond donors (Lipinski definition) is 1. The summed E-state index contributed by atoms with van der Waals surface area (Å²) >= 11 is 5.90. The van der Waals surface area contributed by atoms with Crippen molar-refractivity contribution >= 4 is 29.7 Å². The van der Waals surface area contributed by atoms with E-state index < -0.39 is 5.97 Å². The maximum atomic E-state index is 12.5. The first-order valence-corrected chi connectivity index (χ1v) is 12.2. The Bertz CT molecular complexity index is 1410. The highest BCUT2D eigenvalue weighted by Gasteiger charge is 2.13. The highest BCUT2D eigenvalue weighted by Crippen LogP contribution is 2.29. The van der Waals surface area contributed by atoms with Crippen LogP contribution in [0.25, 0.3) is 0 Å². The largest absolute Gasteiger partial charge is 0.490 e. The van der Waals surface area contributed by atoms with Gasteiger partial charge in [-0.15, -0.1) is 0 Å². The van der Waals surface area contributed by atoms with E-state index in [1.807, 2.05) is 25.1 Å². The Morgan fingerprint density at radius 1 is 0.842 bits per heavy atom. The maximum Gasteiger partial charge on any atom is 0.343 e. The van der Waals surface area contributed by atoms with Crippen molar-refractivity contribution in [1.82, 2.24) is 5.43 Å². The molecule has 192 valence electrons. The average molecular weight is 529 g/mol. The minimum Gasteiger partial charge on any atom is -0.490 e. The van der Waals surface area contributed by atoms with Crippen molar-refractivity contribution in [1.29, 1.82) is 0 Å². The molecule has 0 bridgehead atoms. The molecule has 0 aliphatic heterocycles. The van der Waals surface area contributed by atoms with Crippen LogP contribution in [0.2, 0.25) is 5.02 Å². The summed E-state index contributed by atoms with van der Waals surface area (Å²) in [6.45, 7) is 2.60. The summed E-state index contributed by atoms with van der Waals surface area (Å²) in [7, 11) is 0. The number of amides is 1. The lowest BCUT2D eigenvalue weighted by atomic mass is 10.2. The third-order valence-electron chi connectivity index (χ3n) is 5.29. The predicted octanol–water partition coefficient (Wildman–Crippen LogP) is 6.30. The van der Waals surface area contributed by atoms with Gasteiger partial charge in [0.05, 0.1) is 18.4 Å². The molecule has 0 fully saturated rings. The Kier molecular flexibility index (Phi) is 9.10. The Balaban J connectivity index is 1.33. The van der Waals surface area contributed by atoms with Gasteiger partial charge in [-0.1, -0.05) is 41.9 Å². The number of nitrogens with one attached hydrogen (secondary N) is 1. The second kappa shape index (κ2) is 13.1. The summed E-state index contributed by atoms with van der Waals surface area (Å²) < 4.78 is 16.9. The molecule has 1 amide bonds. The fraction of sp³-hybridized carbons (Fsp3) is 0.100. The first-order valence-electron chi connectivity index (χ1n) is 11.9. The molecule has 0 spiro atoms. The average Bonchev–Trinajstić information content (AvgIpc) is 2.95. The lowest BCUT2D eigenvalue weighted by Crippen LogP contribution is -2.17. The van der Waals surface area contributed by atoms with Gasteiger partial charge in [-0.25, -0.2) is 10.2 Å². The van der Waals surface area contributed by atoms with Crippen LogP contribution in [0.4, 0.5) is 0 Å². The van der Waals surface area contributed by atoms with Crippen LogP contribution in [-0.2, 0) is 6.61 Å². The van der Waals surface area contributed by atoms with Crippen LogP contribution in [-0.4, -0.2) is 24.7 Å². The number of ether oxygens (including phenoxy) is 3. The van der Waals surface area contributed by atoms with E-state index in [9.17, 15) is 9.59 Å². The van der Waals surface area contributed by atoms with Crippen molar-refractivity contribution in [3.63, 3.8) is 0 Å². The van der Waals surface area contributed by atoms with Gasteiger partial charge in [0.2, 0.25) is 0 Å². The van der Waals surface area contributed by atoms with Gasteiger partial charge in [0.1, 0.15) is 12.4 Å².